The van der Waals surface area contributed by atoms with Gasteiger partial charge in [0.15, 0.2) is 0 Å². The van der Waals surface area contributed by atoms with Crippen LogP contribution in [0.5, 0.6) is 0 Å². The molecule has 0 aromatic carbocycles. The molecule has 1 saturated heterocycles. The van der Waals surface area contributed by atoms with E-state index in [1.807, 2.05) is 4.90 Å². The maximum atomic E-state index is 12.1. The van der Waals surface area contributed by atoms with Gasteiger partial charge in [-0.25, -0.2) is 0 Å². The molecule has 1 rings (SSSR count). The molecule has 0 N–H and O–H groups in total. The maximum Gasteiger partial charge on any atom is 0.224 e. The van der Waals surface area contributed by atoms with Crippen LogP contribution in [0.3, 0.4) is 0 Å². The molecule has 0 radical (unpaired) electrons. The van der Waals surface area contributed by atoms with Crippen molar-refractivity contribution in [1.29, 1.82) is 0 Å². The summed E-state index contributed by atoms with van der Waals surface area (Å²) in [6.45, 7) is 10.2. The third kappa shape index (κ3) is 9.57. The van der Waals surface area contributed by atoms with Crippen LogP contribution in [0, 0.1) is 11.8 Å². The minimum Gasteiger partial charge on any atom is -0.382 e. The van der Waals surface area contributed by atoms with Gasteiger partial charge in [-0.1, -0.05) is 13.8 Å². The molecule has 0 aromatic heterocycles. The standard InChI is InChI=1S/C18H35NO5/c1-16(2)17-4-7-19(8-5-17)18(20)6-9-22-12-13-24-15-14-23-11-10-21-3/h16-17H,4-15H2,1-3H3. The fourth-order valence-corrected chi connectivity index (χ4v) is 2.82. The van der Waals surface area contributed by atoms with Crippen molar-refractivity contribution in [3.05, 3.63) is 0 Å². The molecule has 0 unspecified atom stereocenters. The normalized spacial score (nSPS) is 16.1. The smallest absolute Gasteiger partial charge is 0.224 e. The lowest BCUT2D eigenvalue weighted by atomic mass is 9.86. The number of methoxy groups -OCH3 is 1. The number of carbonyl (C=O) groups is 1. The molecule has 0 aromatic rings. The molecular weight excluding hydrogens is 310 g/mol. The molecule has 0 saturated carbocycles. The summed E-state index contributed by atoms with van der Waals surface area (Å²) >= 11 is 0. The molecule has 142 valence electrons. The van der Waals surface area contributed by atoms with Gasteiger partial charge in [0.05, 0.1) is 52.7 Å². The van der Waals surface area contributed by atoms with E-state index >= 15 is 0 Å². The van der Waals surface area contributed by atoms with Gasteiger partial charge < -0.3 is 23.8 Å². The lowest BCUT2D eigenvalue weighted by Crippen LogP contribution is -2.39. The Morgan fingerprint density at radius 1 is 0.917 bits per heavy atom. The molecule has 1 aliphatic heterocycles. The Hall–Kier alpha value is -0.690. The van der Waals surface area contributed by atoms with Gasteiger partial charge in [0.1, 0.15) is 0 Å². The van der Waals surface area contributed by atoms with Gasteiger partial charge in [0, 0.05) is 20.2 Å². The molecule has 24 heavy (non-hydrogen) atoms. The van der Waals surface area contributed by atoms with Crippen molar-refractivity contribution in [2.45, 2.75) is 33.1 Å². The predicted octanol–water partition coefficient (Wildman–Crippen LogP) is 1.97. The van der Waals surface area contributed by atoms with E-state index in [-0.39, 0.29) is 5.91 Å². The first-order valence-corrected chi connectivity index (χ1v) is 9.15. The molecule has 0 atom stereocenters. The van der Waals surface area contributed by atoms with Crippen molar-refractivity contribution in [3.63, 3.8) is 0 Å². The molecule has 0 spiro atoms. The minimum absolute atomic E-state index is 0.213. The highest BCUT2D eigenvalue weighted by molar-refractivity contribution is 5.76. The van der Waals surface area contributed by atoms with Crippen LogP contribution in [0.15, 0.2) is 0 Å². The van der Waals surface area contributed by atoms with Crippen molar-refractivity contribution >= 4 is 5.91 Å². The van der Waals surface area contributed by atoms with Crippen LogP contribution >= 0.6 is 0 Å². The lowest BCUT2D eigenvalue weighted by molar-refractivity contribution is -0.134. The first-order valence-electron chi connectivity index (χ1n) is 9.15. The number of piperidine rings is 1. The van der Waals surface area contributed by atoms with Crippen LogP contribution in [0.25, 0.3) is 0 Å². The molecule has 6 heteroatoms. The number of rotatable bonds is 13. The van der Waals surface area contributed by atoms with Crippen LogP contribution in [-0.4, -0.2) is 77.3 Å². The highest BCUT2D eigenvalue weighted by Gasteiger charge is 2.24. The summed E-state index contributed by atoms with van der Waals surface area (Å²) in [5.74, 6) is 1.70. The molecule has 6 nitrogen and oxygen atoms in total. The second-order valence-corrected chi connectivity index (χ2v) is 6.54. The summed E-state index contributed by atoms with van der Waals surface area (Å²) < 4.78 is 21.0. The summed E-state index contributed by atoms with van der Waals surface area (Å²) in [6, 6.07) is 0. The number of nitrogens with zero attached hydrogens (tertiary/aromatic N) is 1. The van der Waals surface area contributed by atoms with E-state index in [9.17, 15) is 4.79 Å². The molecule has 1 heterocycles. The van der Waals surface area contributed by atoms with Crippen molar-refractivity contribution in [3.8, 4) is 0 Å². The number of hydrogen-bond donors (Lipinski definition) is 0. The largest absolute Gasteiger partial charge is 0.382 e. The van der Waals surface area contributed by atoms with E-state index in [1.165, 1.54) is 0 Å². The van der Waals surface area contributed by atoms with Crippen LogP contribution in [0.4, 0.5) is 0 Å². The Bertz CT molecular complexity index is 317. The number of likely N-dealkylation sites (tertiary alicyclic amines) is 1. The summed E-state index contributed by atoms with van der Waals surface area (Å²) in [6.07, 6.45) is 2.72. The van der Waals surface area contributed by atoms with Crippen LogP contribution < -0.4 is 0 Å². The van der Waals surface area contributed by atoms with Crippen LogP contribution in [0.1, 0.15) is 33.1 Å². The number of hydrogen-bond acceptors (Lipinski definition) is 5. The highest BCUT2D eigenvalue weighted by Crippen LogP contribution is 2.24. The average molecular weight is 345 g/mol. The predicted molar refractivity (Wildman–Crippen MR) is 93.1 cm³/mol. The van der Waals surface area contributed by atoms with Crippen molar-refractivity contribution < 1.29 is 23.7 Å². The Morgan fingerprint density at radius 3 is 1.92 bits per heavy atom. The molecule has 1 fully saturated rings. The van der Waals surface area contributed by atoms with E-state index in [0.717, 1.165) is 37.8 Å². The monoisotopic (exact) mass is 345 g/mol. The molecule has 0 aliphatic carbocycles. The molecule has 0 bridgehead atoms. The zero-order chi connectivity index (χ0) is 17.6. The minimum atomic E-state index is 0.213. The van der Waals surface area contributed by atoms with Crippen LogP contribution in [-0.2, 0) is 23.7 Å². The van der Waals surface area contributed by atoms with E-state index in [0.29, 0.717) is 52.7 Å². The van der Waals surface area contributed by atoms with E-state index < -0.39 is 0 Å². The molecule has 1 amide bonds. The second-order valence-electron chi connectivity index (χ2n) is 6.54. The Balaban J connectivity index is 1.90. The highest BCUT2D eigenvalue weighted by atomic mass is 16.6. The van der Waals surface area contributed by atoms with Crippen molar-refractivity contribution in [2.75, 3.05) is 66.4 Å². The number of amides is 1. The van der Waals surface area contributed by atoms with E-state index in [2.05, 4.69) is 13.8 Å². The van der Waals surface area contributed by atoms with Gasteiger partial charge in [0.25, 0.3) is 0 Å². The summed E-state index contributed by atoms with van der Waals surface area (Å²) in [4.78, 5) is 14.1. The number of ether oxygens (including phenoxy) is 4. The topological polar surface area (TPSA) is 57.2 Å². The third-order valence-corrected chi connectivity index (χ3v) is 4.47. The molecule has 1 aliphatic rings. The summed E-state index contributed by atoms with van der Waals surface area (Å²) in [5.41, 5.74) is 0. The quantitative estimate of drug-likeness (QED) is 0.478. The van der Waals surface area contributed by atoms with E-state index in [4.69, 9.17) is 18.9 Å². The first kappa shape index (κ1) is 21.4. The van der Waals surface area contributed by atoms with Gasteiger partial charge in [-0.2, -0.15) is 0 Å². The van der Waals surface area contributed by atoms with Gasteiger partial charge in [-0.05, 0) is 24.7 Å². The Kier molecular flexibility index (Phi) is 12.1. The zero-order valence-electron chi connectivity index (χ0n) is 15.6. The SMILES string of the molecule is COCCOCCOCCOCCC(=O)N1CCC(C(C)C)CC1. The van der Waals surface area contributed by atoms with Gasteiger partial charge in [-0.3, -0.25) is 4.79 Å². The van der Waals surface area contributed by atoms with Crippen LogP contribution in [0.2, 0.25) is 0 Å². The van der Waals surface area contributed by atoms with Gasteiger partial charge in [-0.15, -0.1) is 0 Å². The van der Waals surface area contributed by atoms with Crippen molar-refractivity contribution in [1.82, 2.24) is 4.90 Å². The Morgan fingerprint density at radius 2 is 1.42 bits per heavy atom. The average Bonchev–Trinajstić information content (AvgIpc) is 2.59. The van der Waals surface area contributed by atoms with Gasteiger partial charge >= 0.3 is 0 Å². The second kappa shape index (κ2) is 13.6. The van der Waals surface area contributed by atoms with Gasteiger partial charge in [0.2, 0.25) is 5.91 Å². The van der Waals surface area contributed by atoms with E-state index in [1.54, 1.807) is 7.11 Å². The third-order valence-electron chi connectivity index (χ3n) is 4.47. The van der Waals surface area contributed by atoms with Crippen molar-refractivity contribution in [2.24, 2.45) is 11.8 Å². The molecular formula is C18H35NO5. The fraction of sp³-hybridized carbons (Fsp3) is 0.944. The zero-order valence-corrected chi connectivity index (χ0v) is 15.6. The Labute approximate surface area is 146 Å². The fourth-order valence-electron chi connectivity index (χ4n) is 2.82. The summed E-state index contributed by atoms with van der Waals surface area (Å²) in [7, 11) is 1.65. The summed E-state index contributed by atoms with van der Waals surface area (Å²) in [5, 5.41) is 0. The lowest BCUT2D eigenvalue weighted by Gasteiger charge is -2.34. The maximum absolute atomic E-state index is 12.1. The number of carbonyl (C=O) groups excluding carboxylic acids is 1. The first-order chi connectivity index (χ1) is 11.6.